The highest BCUT2D eigenvalue weighted by Crippen LogP contribution is 2.34. The first-order valence-corrected chi connectivity index (χ1v) is 5.93. The van der Waals surface area contributed by atoms with E-state index < -0.39 is 0 Å². The van der Waals surface area contributed by atoms with Gasteiger partial charge < -0.3 is 5.73 Å². The number of nitrogen functional groups attached to an aromatic ring is 1. The molecule has 2 aromatic rings. The quantitative estimate of drug-likeness (QED) is 0.811. The van der Waals surface area contributed by atoms with Crippen LogP contribution < -0.4 is 5.73 Å². The molecule has 0 fully saturated rings. The van der Waals surface area contributed by atoms with Gasteiger partial charge in [-0.05, 0) is 31.5 Å². The maximum atomic E-state index is 5.98. The van der Waals surface area contributed by atoms with Crippen LogP contribution in [0.1, 0.15) is 11.3 Å². The molecule has 0 atom stereocenters. The summed E-state index contributed by atoms with van der Waals surface area (Å²) in [6, 6.07) is 8.04. The van der Waals surface area contributed by atoms with Crippen molar-refractivity contribution in [3.8, 4) is 0 Å². The molecular formula is C12H15N3S. The molecule has 0 unspecified atom stereocenters. The maximum absolute atomic E-state index is 5.98. The molecule has 0 aliphatic carbocycles. The third-order valence-corrected chi connectivity index (χ3v) is 3.76. The van der Waals surface area contributed by atoms with Gasteiger partial charge in [-0.3, -0.25) is 4.68 Å². The van der Waals surface area contributed by atoms with Gasteiger partial charge in [-0.15, -0.1) is 0 Å². The Bertz CT molecular complexity index is 497. The summed E-state index contributed by atoms with van der Waals surface area (Å²) < 4.78 is 1.88. The summed E-state index contributed by atoms with van der Waals surface area (Å²) in [4.78, 5) is 1.12. The maximum Gasteiger partial charge on any atom is 0.0987 e. The average Bonchev–Trinajstić information content (AvgIpc) is 2.51. The molecule has 16 heavy (non-hydrogen) atoms. The van der Waals surface area contributed by atoms with Gasteiger partial charge >= 0.3 is 0 Å². The van der Waals surface area contributed by atoms with Gasteiger partial charge in [0.25, 0.3) is 0 Å². The average molecular weight is 233 g/mol. The third-order valence-electron chi connectivity index (χ3n) is 2.41. The number of hydrogen-bond acceptors (Lipinski definition) is 3. The molecule has 0 aliphatic rings. The lowest BCUT2D eigenvalue weighted by atomic mass is 10.2. The van der Waals surface area contributed by atoms with Crippen LogP contribution in [0.4, 0.5) is 5.69 Å². The highest BCUT2D eigenvalue weighted by molar-refractivity contribution is 7.99. The molecule has 84 valence electrons. The van der Waals surface area contributed by atoms with E-state index in [1.54, 1.807) is 11.8 Å². The number of hydrogen-bond donors (Lipinski definition) is 1. The summed E-state index contributed by atoms with van der Waals surface area (Å²) in [5, 5.41) is 5.43. The molecule has 0 saturated carbocycles. The molecule has 3 nitrogen and oxygen atoms in total. The zero-order chi connectivity index (χ0) is 11.7. The van der Waals surface area contributed by atoms with Crippen molar-refractivity contribution in [1.82, 2.24) is 9.78 Å². The van der Waals surface area contributed by atoms with Crippen LogP contribution in [0.2, 0.25) is 0 Å². The summed E-state index contributed by atoms with van der Waals surface area (Å²) in [5.41, 5.74) is 9.02. The number of rotatable bonds is 2. The molecule has 0 radical (unpaired) electrons. The first-order chi connectivity index (χ1) is 7.58. The third kappa shape index (κ3) is 2.07. The number of nitrogens with two attached hydrogens (primary N) is 1. The van der Waals surface area contributed by atoms with Crippen LogP contribution in [0.25, 0.3) is 0 Å². The molecule has 1 aromatic heterocycles. The van der Waals surface area contributed by atoms with Crippen molar-refractivity contribution in [2.75, 3.05) is 5.73 Å². The van der Waals surface area contributed by atoms with Gasteiger partial charge in [-0.2, -0.15) is 5.10 Å². The van der Waals surface area contributed by atoms with Gasteiger partial charge in [-0.1, -0.05) is 23.9 Å². The van der Waals surface area contributed by atoms with Crippen molar-refractivity contribution in [2.45, 2.75) is 23.8 Å². The van der Waals surface area contributed by atoms with Gasteiger partial charge in [0.1, 0.15) is 0 Å². The zero-order valence-electron chi connectivity index (χ0n) is 9.69. The van der Waals surface area contributed by atoms with Crippen LogP contribution in [0.3, 0.4) is 0 Å². The molecule has 1 aromatic carbocycles. The number of anilines is 1. The Balaban J connectivity index is 2.37. The standard InChI is InChI=1S/C12H15N3S/c1-8-5-4-6-10(13)12(8)16-11-7-9(2)14-15(11)3/h4-7H,13H2,1-3H3. The smallest absolute Gasteiger partial charge is 0.0987 e. The fraction of sp³-hybridized carbons (Fsp3) is 0.250. The second-order valence-corrected chi connectivity index (χ2v) is 4.87. The highest BCUT2D eigenvalue weighted by atomic mass is 32.2. The normalized spacial score (nSPS) is 10.7. The van der Waals surface area contributed by atoms with Gasteiger partial charge in [0.15, 0.2) is 0 Å². The number of nitrogens with zero attached hydrogens (tertiary/aromatic N) is 2. The Morgan fingerprint density at radius 2 is 2.06 bits per heavy atom. The molecule has 0 bridgehead atoms. The minimum Gasteiger partial charge on any atom is -0.398 e. The highest BCUT2D eigenvalue weighted by Gasteiger charge is 2.08. The van der Waals surface area contributed by atoms with Gasteiger partial charge in [0.05, 0.1) is 10.7 Å². The van der Waals surface area contributed by atoms with E-state index >= 15 is 0 Å². The molecule has 0 saturated heterocycles. The Morgan fingerprint density at radius 1 is 1.31 bits per heavy atom. The van der Waals surface area contributed by atoms with E-state index in [0.717, 1.165) is 21.3 Å². The van der Waals surface area contributed by atoms with Crippen LogP contribution in [0, 0.1) is 13.8 Å². The van der Waals surface area contributed by atoms with E-state index in [9.17, 15) is 0 Å². The van der Waals surface area contributed by atoms with Crippen LogP contribution in [0.5, 0.6) is 0 Å². The summed E-state index contributed by atoms with van der Waals surface area (Å²) in [5.74, 6) is 0. The molecular weight excluding hydrogens is 218 g/mol. The Morgan fingerprint density at radius 3 is 2.62 bits per heavy atom. The van der Waals surface area contributed by atoms with E-state index in [-0.39, 0.29) is 0 Å². The lowest BCUT2D eigenvalue weighted by Gasteiger charge is -2.08. The molecule has 0 spiro atoms. The molecule has 0 amide bonds. The van der Waals surface area contributed by atoms with Crippen molar-refractivity contribution in [2.24, 2.45) is 7.05 Å². The molecule has 2 rings (SSSR count). The van der Waals surface area contributed by atoms with Gasteiger partial charge in [0, 0.05) is 17.6 Å². The first kappa shape index (κ1) is 11.1. The number of aryl methyl sites for hydroxylation is 3. The Labute approximate surface area is 99.7 Å². The summed E-state index contributed by atoms with van der Waals surface area (Å²) in [7, 11) is 1.95. The van der Waals surface area contributed by atoms with E-state index in [4.69, 9.17) is 5.73 Å². The number of aromatic nitrogens is 2. The summed E-state index contributed by atoms with van der Waals surface area (Å²) in [6.45, 7) is 4.06. The Hall–Kier alpha value is -1.42. The Kier molecular flexibility index (Phi) is 2.92. The van der Waals surface area contributed by atoms with E-state index in [1.807, 2.05) is 30.8 Å². The molecule has 2 N–H and O–H groups in total. The van der Waals surface area contributed by atoms with Crippen LogP contribution in [0.15, 0.2) is 34.2 Å². The molecule has 1 heterocycles. The van der Waals surface area contributed by atoms with Crippen molar-refractivity contribution < 1.29 is 0 Å². The second-order valence-electron chi connectivity index (χ2n) is 3.84. The topological polar surface area (TPSA) is 43.8 Å². The monoisotopic (exact) mass is 233 g/mol. The largest absolute Gasteiger partial charge is 0.398 e. The number of benzene rings is 1. The van der Waals surface area contributed by atoms with Crippen molar-refractivity contribution in [3.63, 3.8) is 0 Å². The lowest BCUT2D eigenvalue weighted by molar-refractivity contribution is 0.692. The minimum atomic E-state index is 0.823. The van der Waals surface area contributed by atoms with E-state index in [0.29, 0.717) is 0 Å². The van der Waals surface area contributed by atoms with E-state index in [2.05, 4.69) is 24.2 Å². The molecule has 0 aliphatic heterocycles. The van der Waals surface area contributed by atoms with E-state index in [1.165, 1.54) is 5.56 Å². The predicted octanol–water partition coefficient (Wildman–Crippen LogP) is 2.77. The van der Waals surface area contributed by atoms with Crippen molar-refractivity contribution >= 4 is 17.4 Å². The molecule has 4 heteroatoms. The van der Waals surface area contributed by atoms with Gasteiger partial charge in [-0.25, -0.2) is 0 Å². The summed E-state index contributed by atoms with van der Waals surface area (Å²) in [6.07, 6.45) is 0. The SMILES string of the molecule is Cc1cc(Sc2c(C)cccc2N)n(C)n1. The van der Waals surface area contributed by atoms with Crippen LogP contribution in [-0.4, -0.2) is 9.78 Å². The van der Waals surface area contributed by atoms with Crippen molar-refractivity contribution in [3.05, 3.63) is 35.5 Å². The fourth-order valence-electron chi connectivity index (χ4n) is 1.60. The summed E-state index contributed by atoms with van der Waals surface area (Å²) >= 11 is 1.66. The van der Waals surface area contributed by atoms with Crippen molar-refractivity contribution in [1.29, 1.82) is 0 Å². The lowest BCUT2D eigenvalue weighted by Crippen LogP contribution is -1.95. The van der Waals surface area contributed by atoms with Gasteiger partial charge in [0.2, 0.25) is 0 Å². The predicted molar refractivity (Wildman–Crippen MR) is 67.7 cm³/mol. The zero-order valence-corrected chi connectivity index (χ0v) is 10.5. The second kappa shape index (κ2) is 4.22. The van der Waals surface area contributed by atoms with Crippen LogP contribution >= 0.6 is 11.8 Å². The van der Waals surface area contributed by atoms with Crippen LogP contribution in [-0.2, 0) is 7.05 Å². The minimum absolute atomic E-state index is 0.823. The fourth-order valence-corrected chi connectivity index (χ4v) is 2.63. The first-order valence-electron chi connectivity index (χ1n) is 5.11.